The predicted octanol–water partition coefficient (Wildman–Crippen LogP) is 2.70. The van der Waals surface area contributed by atoms with Crippen LogP contribution >= 0.6 is 0 Å². The number of H-pyrrole nitrogens is 2. The van der Waals surface area contributed by atoms with Crippen molar-refractivity contribution in [1.82, 2.24) is 20.1 Å². The van der Waals surface area contributed by atoms with Crippen molar-refractivity contribution in [3.05, 3.63) is 54.2 Å². The molecule has 1 saturated heterocycles. The lowest BCUT2D eigenvalue weighted by Gasteiger charge is -2.28. The van der Waals surface area contributed by atoms with Gasteiger partial charge in [0.15, 0.2) is 0 Å². The molecule has 2 aliphatic heterocycles. The van der Waals surface area contributed by atoms with E-state index >= 15 is 0 Å². The first-order chi connectivity index (χ1) is 14.1. The van der Waals surface area contributed by atoms with Crippen LogP contribution < -0.4 is 4.90 Å². The van der Waals surface area contributed by atoms with E-state index in [1.807, 2.05) is 11.1 Å². The summed E-state index contributed by atoms with van der Waals surface area (Å²) in [5.41, 5.74) is 3.66. The molecule has 2 aromatic heterocycles. The molecule has 5 rings (SSSR count). The number of hydrogen-bond donors (Lipinski definition) is 2. The summed E-state index contributed by atoms with van der Waals surface area (Å²) in [7, 11) is 0. The average Bonchev–Trinajstić information content (AvgIpc) is 3.46. The number of aromatic nitrogens is 3. The topological polar surface area (TPSA) is 85.1 Å². The highest BCUT2D eigenvalue weighted by molar-refractivity contribution is 6.00. The number of fused-ring (bicyclic) bond motifs is 1. The summed E-state index contributed by atoms with van der Waals surface area (Å²) in [6.07, 6.45) is 8.15. The molecule has 1 aromatic carbocycles. The molecule has 0 bridgehead atoms. The van der Waals surface area contributed by atoms with Crippen molar-refractivity contribution in [2.45, 2.75) is 12.8 Å². The molecule has 0 saturated carbocycles. The Morgan fingerprint density at radius 2 is 2.17 bits per heavy atom. The molecule has 0 radical (unpaired) electrons. The number of aromatic amines is 2. The molecule has 1 unspecified atom stereocenters. The predicted molar refractivity (Wildman–Crippen MR) is 106 cm³/mol. The molecule has 7 nitrogen and oxygen atoms in total. The molecule has 8 heteroatoms. The third-order valence-electron chi connectivity index (χ3n) is 5.78. The molecule has 1 atom stereocenters. The summed E-state index contributed by atoms with van der Waals surface area (Å²) in [5.74, 6) is -0.635. The molecule has 2 aliphatic rings. The first kappa shape index (κ1) is 17.7. The van der Waals surface area contributed by atoms with Gasteiger partial charge in [-0.2, -0.15) is 5.10 Å². The highest BCUT2D eigenvalue weighted by Crippen LogP contribution is 2.31. The zero-order valence-electron chi connectivity index (χ0n) is 15.7. The molecule has 1 fully saturated rings. The first-order valence-corrected chi connectivity index (χ1v) is 9.64. The Labute approximate surface area is 166 Å². The maximum absolute atomic E-state index is 13.4. The van der Waals surface area contributed by atoms with Crippen molar-refractivity contribution in [1.29, 1.82) is 0 Å². The number of nitrogens with one attached hydrogen (secondary N) is 2. The standard InChI is InChI=1S/C21H20FN5O2/c22-15-1-2-17-18(11-23-19(17)8-15)13-3-5-26(6-4-13)21(29)14-7-20(28)27(12-14)16-9-24-25-10-16/h1-3,8-11,14,23H,4-7,12H2,(H,24,25). The fourth-order valence-corrected chi connectivity index (χ4v) is 4.25. The van der Waals surface area contributed by atoms with Gasteiger partial charge in [0.25, 0.3) is 0 Å². The minimum absolute atomic E-state index is 0.0145. The zero-order valence-corrected chi connectivity index (χ0v) is 15.7. The molecule has 0 aliphatic carbocycles. The Bertz CT molecular complexity index is 1120. The van der Waals surface area contributed by atoms with Crippen LogP contribution in [-0.4, -0.2) is 51.5 Å². The molecular weight excluding hydrogens is 373 g/mol. The van der Waals surface area contributed by atoms with Crippen LogP contribution in [0.1, 0.15) is 18.4 Å². The van der Waals surface area contributed by atoms with E-state index in [4.69, 9.17) is 0 Å². The van der Waals surface area contributed by atoms with Gasteiger partial charge in [-0.3, -0.25) is 14.7 Å². The van der Waals surface area contributed by atoms with E-state index in [-0.39, 0.29) is 30.0 Å². The maximum Gasteiger partial charge on any atom is 0.228 e. The van der Waals surface area contributed by atoms with Crippen LogP contribution in [0.3, 0.4) is 0 Å². The number of hydrogen-bond acceptors (Lipinski definition) is 3. The Hall–Kier alpha value is -3.42. The molecule has 4 heterocycles. The summed E-state index contributed by atoms with van der Waals surface area (Å²) in [5, 5.41) is 7.55. The quantitative estimate of drug-likeness (QED) is 0.718. The van der Waals surface area contributed by atoms with Crippen LogP contribution in [0.5, 0.6) is 0 Å². The number of carbonyl (C=O) groups excluding carboxylic acids is 2. The monoisotopic (exact) mass is 393 g/mol. The van der Waals surface area contributed by atoms with Crippen molar-refractivity contribution in [2.24, 2.45) is 5.92 Å². The van der Waals surface area contributed by atoms with Crippen molar-refractivity contribution in [3.8, 4) is 0 Å². The lowest BCUT2D eigenvalue weighted by Crippen LogP contribution is -2.39. The van der Waals surface area contributed by atoms with Gasteiger partial charge in [0.05, 0.1) is 17.8 Å². The van der Waals surface area contributed by atoms with Gasteiger partial charge >= 0.3 is 0 Å². The van der Waals surface area contributed by atoms with E-state index in [9.17, 15) is 14.0 Å². The third-order valence-corrected chi connectivity index (χ3v) is 5.78. The average molecular weight is 393 g/mol. The maximum atomic E-state index is 13.4. The van der Waals surface area contributed by atoms with Crippen molar-refractivity contribution in [2.75, 3.05) is 24.5 Å². The summed E-state index contributed by atoms with van der Waals surface area (Å²) in [6, 6.07) is 4.73. The van der Waals surface area contributed by atoms with Crippen LogP contribution in [0, 0.1) is 11.7 Å². The van der Waals surface area contributed by atoms with E-state index in [0.29, 0.717) is 25.3 Å². The van der Waals surface area contributed by atoms with Gasteiger partial charge in [-0.1, -0.05) is 6.08 Å². The fraction of sp³-hybridized carbons (Fsp3) is 0.286. The minimum Gasteiger partial charge on any atom is -0.360 e. The number of nitrogens with zero attached hydrogens (tertiary/aromatic N) is 3. The minimum atomic E-state index is -0.330. The molecule has 2 N–H and O–H groups in total. The molecule has 29 heavy (non-hydrogen) atoms. The Morgan fingerprint density at radius 1 is 1.28 bits per heavy atom. The van der Waals surface area contributed by atoms with Crippen LogP contribution in [0.25, 0.3) is 16.5 Å². The van der Waals surface area contributed by atoms with Gasteiger partial charge in [0.1, 0.15) is 5.82 Å². The second-order valence-electron chi connectivity index (χ2n) is 7.52. The number of rotatable bonds is 3. The summed E-state index contributed by atoms with van der Waals surface area (Å²) in [6.45, 7) is 1.51. The van der Waals surface area contributed by atoms with E-state index in [2.05, 4.69) is 21.3 Å². The van der Waals surface area contributed by atoms with E-state index < -0.39 is 0 Å². The van der Waals surface area contributed by atoms with Gasteiger partial charge in [-0.15, -0.1) is 0 Å². The normalized spacial score (nSPS) is 19.8. The smallest absolute Gasteiger partial charge is 0.228 e. The highest BCUT2D eigenvalue weighted by Gasteiger charge is 2.37. The van der Waals surface area contributed by atoms with E-state index in [1.165, 1.54) is 12.1 Å². The van der Waals surface area contributed by atoms with E-state index in [0.717, 1.165) is 28.5 Å². The second-order valence-corrected chi connectivity index (χ2v) is 7.52. The Morgan fingerprint density at radius 3 is 2.93 bits per heavy atom. The molecule has 2 amide bonds. The van der Waals surface area contributed by atoms with Crippen molar-refractivity contribution < 1.29 is 14.0 Å². The molecule has 3 aromatic rings. The number of amides is 2. The lowest BCUT2D eigenvalue weighted by molar-refractivity contribution is -0.135. The van der Waals surface area contributed by atoms with E-state index in [1.54, 1.807) is 23.4 Å². The number of anilines is 1. The van der Waals surface area contributed by atoms with Crippen molar-refractivity contribution >= 4 is 34.0 Å². The Balaban J connectivity index is 1.29. The number of halogens is 1. The second kappa shape index (κ2) is 6.88. The van der Waals surface area contributed by atoms with Gasteiger partial charge < -0.3 is 14.8 Å². The molecular formula is C21H20FN5O2. The fourth-order valence-electron chi connectivity index (χ4n) is 4.25. The van der Waals surface area contributed by atoms with Gasteiger partial charge in [-0.25, -0.2) is 4.39 Å². The summed E-state index contributed by atoms with van der Waals surface area (Å²) >= 11 is 0. The highest BCUT2D eigenvalue weighted by atomic mass is 19.1. The molecule has 148 valence electrons. The first-order valence-electron chi connectivity index (χ1n) is 9.64. The van der Waals surface area contributed by atoms with Crippen LogP contribution in [0.15, 0.2) is 42.9 Å². The Kier molecular flexibility index (Phi) is 4.19. The van der Waals surface area contributed by atoms with Crippen LogP contribution in [0.2, 0.25) is 0 Å². The molecule has 0 spiro atoms. The largest absolute Gasteiger partial charge is 0.360 e. The summed E-state index contributed by atoms with van der Waals surface area (Å²) in [4.78, 5) is 31.8. The number of carbonyl (C=O) groups is 2. The third kappa shape index (κ3) is 3.10. The van der Waals surface area contributed by atoms with Crippen LogP contribution in [-0.2, 0) is 9.59 Å². The summed E-state index contributed by atoms with van der Waals surface area (Å²) < 4.78 is 13.4. The SMILES string of the molecule is O=C(C1CC(=O)N(c2cn[nH]c2)C1)N1CC=C(c2c[nH]c3cc(F)ccc23)CC1. The van der Waals surface area contributed by atoms with Gasteiger partial charge in [0.2, 0.25) is 11.8 Å². The van der Waals surface area contributed by atoms with Gasteiger partial charge in [0, 0.05) is 54.9 Å². The van der Waals surface area contributed by atoms with Crippen molar-refractivity contribution in [3.63, 3.8) is 0 Å². The lowest BCUT2D eigenvalue weighted by atomic mass is 9.97. The zero-order chi connectivity index (χ0) is 20.0. The van der Waals surface area contributed by atoms with Crippen LogP contribution in [0.4, 0.5) is 10.1 Å². The number of benzene rings is 1. The van der Waals surface area contributed by atoms with Gasteiger partial charge in [-0.05, 0) is 30.2 Å².